The highest BCUT2D eigenvalue weighted by Crippen LogP contribution is 2.47. The fourth-order valence-electron chi connectivity index (χ4n) is 3.24. The first-order valence-electron chi connectivity index (χ1n) is 10.1. The lowest BCUT2D eigenvalue weighted by Gasteiger charge is -2.37. The van der Waals surface area contributed by atoms with Gasteiger partial charge < -0.3 is 14.1 Å². The second-order valence-corrected chi connectivity index (χ2v) is 8.08. The molecule has 14 heteroatoms. The first-order chi connectivity index (χ1) is 16.2. The predicted octanol–water partition coefficient (Wildman–Crippen LogP) is 4.35. The van der Waals surface area contributed by atoms with E-state index < -0.39 is 42.4 Å². The Morgan fingerprint density at radius 1 is 1.03 bits per heavy atom. The molecule has 1 aliphatic rings. The van der Waals surface area contributed by atoms with E-state index in [1.54, 1.807) is 29.2 Å². The summed E-state index contributed by atoms with van der Waals surface area (Å²) in [6, 6.07) is 7.98. The lowest BCUT2D eigenvalue weighted by molar-refractivity contribution is -0.346. The van der Waals surface area contributed by atoms with Gasteiger partial charge in [0.15, 0.2) is 0 Å². The Morgan fingerprint density at radius 3 is 2.23 bits per heavy atom. The third-order valence-corrected chi connectivity index (χ3v) is 5.62. The summed E-state index contributed by atoms with van der Waals surface area (Å²) >= 11 is 6.02. The molecule has 0 unspecified atom stereocenters. The van der Waals surface area contributed by atoms with Crippen molar-refractivity contribution in [3.8, 4) is 5.75 Å². The molecule has 0 N–H and O–H groups in total. The van der Waals surface area contributed by atoms with Crippen molar-refractivity contribution in [1.29, 1.82) is 0 Å². The van der Waals surface area contributed by atoms with Crippen LogP contribution in [0.25, 0.3) is 0 Å². The summed E-state index contributed by atoms with van der Waals surface area (Å²) in [7, 11) is 0. The first-order valence-corrected chi connectivity index (χ1v) is 10.4. The number of alkyl halides is 7. The molecule has 0 bridgehead atoms. The van der Waals surface area contributed by atoms with E-state index in [1.165, 1.54) is 0 Å². The van der Waals surface area contributed by atoms with Gasteiger partial charge in [-0.2, -0.15) is 30.7 Å². The van der Waals surface area contributed by atoms with Crippen molar-refractivity contribution in [1.82, 2.24) is 9.80 Å². The molecule has 1 amide bonds. The summed E-state index contributed by atoms with van der Waals surface area (Å²) in [5.41, 5.74) is 0.129. The minimum absolute atomic E-state index is 0.00281. The zero-order chi connectivity index (χ0) is 26.0. The quantitative estimate of drug-likeness (QED) is 0.498. The van der Waals surface area contributed by atoms with Gasteiger partial charge in [0.05, 0.1) is 6.54 Å². The van der Waals surface area contributed by atoms with Crippen LogP contribution in [0, 0.1) is 0 Å². The lowest BCUT2D eigenvalue weighted by atomic mass is 10.1. The van der Waals surface area contributed by atoms with Crippen LogP contribution in [0.3, 0.4) is 0 Å². The maximum absolute atomic E-state index is 13.7. The molecule has 1 aliphatic heterocycles. The molecule has 1 aromatic heterocycles. The second-order valence-electron chi connectivity index (χ2n) is 7.67. The maximum atomic E-state index is 13.7. The Labute approximate surface area is 198 Å². The molecule has 35 heavy (non-hydrogen) atoms. The van der Waals surface area contributed by atoms with Crippen LogP contribution in [0.1, 0.15) is 11.3 Å². The molecule has 6 nitrogen and oxygen atoms in total. The summed E-state index contributed by atoms with van der Waals surface area (Å²) in [5.74, 6) is -15.0. The Kier molecular flexibility index (Phi) is 7.70. The van der Waals surface area contributed by atoms with Crippen molar-refractivity contribution in [2.75, 3.05) is 26.2 Å². The number of ether oxygens (including phenoxy) is 1. The average Bonchev–Trinajstić information content (AvgIpc) is 2.78. The SMILES string of the molecule is O=C(N1CCN(Cc2cc(=O)c(OCc3ccccc3Cl)co2)CC1)C(F)(F)C(F)(F)C(F)(F)F. The van der Waals surface area contributed by atoms with Crippen LogP contribution in [-0.4, -0.2) is 59.9 Å². The zero-order valence-electron chi connectivity index (χ0n) is 17.8. The van der Waals surface area contributed by atoms with Crippen molar-refractivity contribution in [2.45, 2.75) is 31.2 Å². The fourth-order valence-corrected chi connectivity index (χ4v) is 3.43. The number of hydrogen-bond acceptors (Lipinski definition) is 5. The number of rotatable bonds is 7. The third-order valence-electron chi connectivity index (χ3n) is 5.25. The summed E-state index contributed by atoms with van der Waals surface area (Å²) < 4.78 is 101. The molecule has 0 atom stereocenters. The van der Waals surface area contributed by atoms with E-state index in [1.807, 2.05) is 0 Å². The van der Waals surface area contributed by atoms with Crippen LogP contribution in [-0.2, 0) is 17.9 Å². The van der Waals surface area contributed by atoms with Crippen LogP contribution in [0.4, 0.5) is 30.7 Å². The van der Waals surface area contributed by atoms with Gasteiger partial charge in [-0.25, -0.2) is 0 Å². The fraction of sp³-hybridized carbons (Fsp3) is 0.429. The normalized spacial score (nSPS) is 15.8. The van der Waals surface area contributed by atoms with Gasteiger partial charge in [-0.15, -0.1) is 0 Å². The summed E-state index contributed by atoms with van der Waals surface area (Å²) in [6.07, 6.45) is -5.51. The largest absolute Gasteiger partial charge is 0.482 e. The lowest BCUT2D eigenvalue weighted by Crippen LogP contribution is -2.62. The zero-order valence-corrected chi connectivity index (χ0v) is 18.5. The van der Waals surface area contributed by atoms with Gasteiger partial charge >= 0.3 is 18.0 Å². The van der Waals surface area contributed by atoms with Gasteiger partial charge in [-0.3, -0.25) is 14.5 Å². The molecule has 0 spiro atoms. The minimum Gasteiger partial charge on any atom is -0.482 e. The summed E-state index contributed by atoms with van der Waals surface area (Å²) in [5, 5.41) is 0.450. The summed E-state index contributed by atoms with van der Waals surface area (Å²) in [6.45, 7) is -1.30. The molecule has 0 radical (unpaired) electrons. The Bertz CT molecular complexity index is 1120. The van der Waals surface area contributed by atoms with Gasteiger partial charge in [-0.1, -0.05) is 29.8 Å². The van der Waals surface area contributed by atoms with E-state index in [2.05, 4.69) is 0 Å². The van der Waals surface area contributed by atoms with Crippen LogP contribution in [0.15, 0.2) is 45.8 Å². The minimum atomic E-state index is -6.59. The van der Waals surface area contributed by atoms with Crippen LogP contribution < -0.4 is 10.2 Å². The van der Waals surface area contributed by atoms with Crippen molar-refractivity contribution >= 4 is 17.5 Å². The monoisotopic (exact) mass is 530 g/mol. The molecule has 2 heterocycles. The molecule has 1 fully saturated rings. The van der Waals surface area contributed by atoms with Crippen LogP contribution in [0.5, 0.6) is 5.75 Å². The molecule has 0 saturated carbocycles. The highest BCUT2D eigenvalue weighted by Gasteiger charge is 2.76. The van der Waals surface area contributed by atoms with E-state index in [4.69, 9.17) is 20.8 Å². The number of carbonyl (C=O) groups excluding carboxylic acids is 1. The smallest absolute Gasteiger partial charge is 0.460 e. The Balaban J connectivity index is 1.56. The Hall–Kier alpha value is -2.80. The van der Waals surface area contributed by atoms with Crippen molar-refractivity contribution < 1.29 is 44.7 Å². The van der Waals surface area contributed by atoms with E-state index in [9.17, 15) is 40.3 Å². The van der Waals surface area contributed by atoms with Crippen LogP contribution >= 0.6 is 11.6 Å². The Morgan fingerprint density at radius 2 is 1.66 bits per heavy atom. The number of benzene rings is 1. The van der Waals surface area contributed by atoms with E-state index in [-0.39, 0.29) is 42.7 Å². The van der Waals surface area contributed by atoms with Gasteiger partial charge in [0.25, 0.3) is 5.91 Å². The number of carbonyl (C=O) groups is 1. The van der Waals surface area contributed by atoms with E-state index in [0.29, 0.717) is 10.6 Å². The summed E-state index contributed by atoms with van der Waals surface area (Å²) in [4.78, 5) is 25.8. The molecule has 0 aliphatic carbocycles. The van der Waals surface area contributed by atoms with Crippen LogP contribution in [0.2, 0.25) is 5.02 Å². The standard InChI is InChI=1S/C21H18ClF7N2O4/c22-15-4-2-1-3-13(15)11-35-17-12-34-14(9-16(17)32)10-30-5-7-31(8-6-30)18(33)19(23,24)20(25,26)21(27,28)29/h1-4,9,12H,5-8,10-11H2. The molecular weight excluding hydrogens is 513 g/mol. The molecular formula is C21H18ClF7N2O4. The van der Waals surface area contributed by atoms with Gasteiger partial charge in [0, 0.05) is 42.8 Å². The van der Waals surface area contributed by atoms with Gasteiger partial charge in [-0.05, 0) is 6.07 Å². The number of hydrogen-bond donors (Lipinski definition) is 0. The van der Waals surface area contributed by atoms with Crippen molar-refractivity contribution in [3.63, 3.8) is 0 Å². The van der Waals surface area contributed by atoms with Crippen molar-refractivity contribution in [3.05, 3.63) is 63.2 Å². The van der Waals surface area contributed by atoms with Crippen molar-refractivity contribution in [2.24, 2.45) is 0 Å². The first kappa shape index (κ1) is 26.8. The third kappa shape index (κ3) is 5.72. The molecule has 1 aromatic carbocycles. The molecule has 192 valence electrons. The second kappa shape index (κ2) is 10.1. The van der Waals surface area contributed by atoms with Gasteiger partial charge in [0.1, 0.15) is 18.6 Å². The highest BCUT2D eigenvalue weighted by molar-refractivity contribution is 6.31. The topological polar surface area (TPSA) is 63.0 Å². The van der Waals surface area contributed by atoms with E-state index in [0.717, 1.165) is 12.3 Å². The molecule has 3 rings (SSSR count). The predicted molar refractivity (Wildman–Crippen MR) is 109 cm³/mol. The van der Waals surface area contributed by atoms with Gasteiger partial charge in [0.2, 0.25) is 11.2 Å². The number of piperazine rings is 1. The van der Waals surface area contributed by atoms with E-state index >= 15 is 0 Å². The number of amides is 1. The number of halogens is 8. The maximum Gasteiger partial charge on any atom is 0.460 e. The molecule has 1 saturated heterocycles. The average molecular weight is 531 g/mol. The number of nitrogens with zero attached hydrogens (tertiary/aromatic N) is 2. The highest BCUT2D eigenvalue weighted by atomic mass is 35.5. The molecule has 2 aromatic rings.